The lowest BCUT2D eigenvalue weighted by atomic mass is 9.96. The van der Waals surface area contributed by atoms with Crippen LogP contribution in [-0.4, -0.2) is 13.2 Å². The van der Waals surface area contributed by atoms with E-state index in [1.54, 1.807) is 0 Å². The molecule has 0 aliphatic rings. The molecule has 0 amide bonds. The molecule has 2 heteroatoms. The van der Waals surface area contributed by atoms with Crippen molar-refractivity contribution in [1.29, 1.82) is 0 Å². The van der Waals surface area contributed by atoms with Crippen LogP contribution in [0.4, 0.5) is 0 Å². The second kappa shape index (κ2) is 8.15. The molecule has 0 aromatic heterocycles. The van der Waals surface area contributed by atoms with Crippen LogP contribution in [-0.2, 0) is 0 Å². The molecule has 0 saturated heterocycles. The van der Waals surface area contributed by atoms with Gasteiger partial charge in [0.1, 0.15) is 5.75 Å². The molecule has 0 bridgehead atoms. The van der Waals surface area contributed by atoms with Crippen LogP contribution in [0.2, 0.25) is 0 Å². The SMILES string of the molecule is CCCCOc1ccc(C(NCC)C(C)C)cc1. The first kappa shape index (κ1) is 15.0. The maximum atomic E-state index is 5.68. The Morgan fingerprint density at radius 3 is 2.28 bits per heavy atom. The Bertz CT molecular complexity index is 318. The Kier molecular flexibility index (Phi) is 6.81. The number of benzene rings is 1. The maximum absolute atomic E-state index is 5.68. The van der Waals surface area contributed by atoms with Gasteiger partial charge in [0.05, 0.1) is 6.61 Å². The van der Waals surface area contributed by atoms with Gasteiger partial charge < -0.3 is 10.1 Å². The summed E-state index contributed by atoms with van der Waals surface area (Å²) in [5.41, 5.74) is 1.34. The van der Waals surface area contributed by atoms with Gasteiger partial charge in [-0.25, -0.2) is 0 Å². The van der Waals surface area contributed by atoms with Crippen molar-refractivity contribution in [2.75, 3.05) is 13.2 Å². The summed E-state index contributed by atoms with van der Waals surface area (Å²) < 4.78 is 5.68. The minimum Gasteiger partial charge on any atom is -0.494 e. The van der Waals surface area contributed by atoms with E-state index in [-0.39, 0.29) is 0 Å². The summed E-state index contributed by atoms with van der Waals surface area (Å²) in [7, 11) is 0. The average molecular weight is 249 g/mol. The lowest BCUT2D eigenvalue weighted by Gasteiger charge is -2.22. The average Bonchev–Trinajstić information content (AvgIpc) is 2.37. The summed E-state index contributed by atoms with van der Waals surface area (Å²) in [6.07, 6.45) is 2.29. The zero-order valence-corrected chi connectivity index (χ0v) is 12.2. The highest BCUT2D eigenvalue weighted by Gasteiger charge is 2.13. The summed E-state index contributed by atoms with van der Waals surface area (Å²) in [4.78, 5) is 0. The molecule has 18 heavy (non-hydrogen) atoms. The van der Waals surface area contributed by atoms with Crippen molar-refractivity contribution in [2.24, 2.45) is 5.92 Å². The van der Waals surface area contributed by atoms with Gasteiger partial charge in [0.2, 0.25) is 0 Å². The van der Waals surface area contributed by atoms with Crippen molar-refractivity contribution >= 4 is 0 Å². The van der Waals surface area contributed by atoms with Crippen LogP contribution in [0.5, 0.6) is 5.75 Å². The van der Waals surface area contributed by atoms with E-state index in [0.29, 0.717) is 12.0 Å². The van der Waals surface area contributed by atoms with E-state index in [0.717, 1.165) is 25.3 Å². The molecule has 1 aromatic rings. The molecule has 0 aliphatic heterocycles. The Labute approximate surface area is 112 Å². The topological polar surface area (TPSA) is 21.3 Å². The number of ether oxygens (including phenoxy) is 1. The zero-order valence-electron chi connectivity index (χ0n) is 12.2. The van der Waals surface area contributed by atoms with Gasteiger partial charge >= 0.3 is 0 Å². The summed E-state index contributed by atoms with van der Waals surface area (Å²) in [6.45, 7) is 10.6. The smallest absolute Gasteiger partial charge is 0.119 e. The first-order chi connectivity index (χ1) is 8.69. The largest absolute Gasteiger partial charge is 0.494 e. The highest BCUT2D eigenvalue weighted by Crippen LogP contribution is 2.23. The third-order valence-electron chi connectivity index (χ3n) is 3.10. The molecule has 0 aliphatic carbocycles. The summed E-state index contributed by atoms with van der Waals surface area (Å²) in [6, 6.07) is 8.94. The predicted molar refractivity (Wildman–Crippen MR) is 78.1 cm³/mol. The van der Waals surface area contributed by atoms with E-state index in [4.69, 9.17) is 4.74 Å². The van der Waals surface area contributed by atoms with Crippen molar-refractivity contribution in [3.8, 4) is 5.75 Å². The molecule has 0 radical (unpaired) electrons. The molecule has 1 aromatic carbocycles. The molecule has 1 atom stereocenters. The van der Waals surface area contributed by atoms with Crippen LogP contribution in [0, 0.1) is 5.92 Å². The van der Waals surface area contributed by atoms with Gasteiger partial charge in [0.25, 0.3) is 0 Å². The quantitative estimate of drug-likeness (QED) is 0.698. The zero-order chi connectivity index (χ0) is 13.4. The van der Waals surface area contributed by atoms with Crippen LogP contribution < -0.4 is 10.1 Å². The van der Waals surface area contributed by atoms with Crippen molar-refractivity contribution in [1.82, 2.24) is 5.32 Å². The first-order valence-corrected chi connectivity index (χ1v) is 7.15. The van der Waals surface area contributed by atoms with E-state index in [1.807, 2.05) is 0 Å². The number of unbranched alkanes of at least 4 members (excludes halogenated alkanes) is 1. The van der Waals surface area contributed by atoms with E-state index in [9.17, 15) is 0 Å². The Balaban J connectivity index is 2.62. The molecule has 2 nitrogen and oxygen atoms in total. The van der Waals surface area contributed by atoms with Gasteiger partial charge in [-0.05, 0) is 36.6 Å². The van der Waals surface area contributed by atoms with Gasteiger partial charge in [-0.15, -0.1) is 0 Å². The third kappa shape index (κ3) is 4.69. The number of hydrogen-bond acceptors (Lipinski definition) is 2. The van der Waals surface area contributed by atoms with Gasteiger partial charge in [-0.2, -0.15) is 0 Å². The molecular formula is C16H27NO. The van der Waals surface area contributed by atoms with Crippen LogP contribution in [0.1, 0.15) is 52.1 Å². The highest BCUT2D eigenvalue weighted by molar-refractivity contribution is 5.29. The Hall–Kier alpha value is -1.02. The van der Waals surface area contributed by atoms with E-state index in [2.05, 4.69) is 57.3 Å². The monoisotopic (exact) mass is 249 g/mol. The molecule has 102 valence electrons. The van der Waals surface area contributed by atoms with Gasteiger partial charge in [-0.1, -0.05) is 46.2 Å². The highest BCUT2D eigenvalue weighted by atomic mass is 16.5. The first-order valence-electron chi connectivity index (χ1n) is 7.15. The minimum atomic E-state index is 0.430. The molecule has 1 N–H and O–H groups in total. The lowest BCUT2D eigenvalue weighted by molar-refractivity contribution is 0.309. The normalized spacial score (nSPS) is 12.7. The van der Waals surface area contributed by atoms with E-state index >= 15 is 0 Å². The van der Waals surface area contributed by atoms with Crippen LogP contribution in [0.3, 0.4) is 0 Å². The minimum absolute atomic E-state index is 0.430. The van der Waals surface area contributed by atoms with Crippen molar-refractivity contribution in [2.45, 2.75) is 46.6 Å². The fourth-order valence-electron chi connectivity index (χ4n) is 2.06. The van der Waals surface area contributed by atoms with Gasteiger partial charge in [-0.3, -0.25) is 0 Å². The fraction of sp³-hybridized carbons (Fsp3) is 0.625. The molecule has 0 spiro atoms. The lowest BCUT2D eigenvalue weighted by Crippen LogP contribution is -2.25. The Morgan fingerprint density at radius 1 is 1.11 bits per heavy atom. The molecule has 1 unspecified atom stereocenters. The molecule has 0 saturated carbocycles. The van der Waals surface area contributed by atoms with Crippen LogP contribution in [0.25, 0.3) is 0 Å². The second-order valence-electron chi connectivity index (χ2n) is 5.05. The number of nitrogens with one attached hydrogen (secondary N) is 1. The third-order valence-corrected chi connectivity index (χ3v) is 3.10. The number of rotatable bonds is 8. The van der Waals surface area contributed by atoms with Crippen LogP contribution in [0.15, 0.2) is 24.3 Å². The standard InChI is InChI=1S/C16H27NO/c1-5-7-12-18-15-10-8-14(9-11-15)16(13(3)4)17-6-2/h8-11,13,16-17H,5-7,12H2,1-4H3. The molecule has 1 rings (SSSR count). The molecule has 0 fully saturated rings. The Morgan fingerprint density at radius 2 is 1.78 bits per heavy atom. The van der Waals surface area contributed by atoms with Crippen molar-refractivity contribution in [3.63, 3.8) is 0 Å². The summed E-state index contributed by atoms with van der Waals surface area (Å²) in [5, 5.41) is 3.53. The van der Waals surface area contributed by atoms with E-state index < -0.39 is 0 Å². The van der Waals surface area contributed by atoms with Gasteiger partial charge in [0, 0.05) is 6.04 Å². The summed E-state index contributed by atoms with van der Waals surface area (Å²) in [5.74, 6) is 1.57. The molecular weight excluding hydrogens is 222 g/mol. The van der Waals surface area contributed by atoms with E-state index in [1.165, 1.54) is 12.0 Å². The predicted octanol–water partition coefficient (Wildman–Crippen LogP) is 4.17. The second-order valence-corrected chi connectivity index (χ2v) is 5.05. The van der Waals surface area contributed by atoms with Crippen LogP contribution >= 0.6 is 0 Å². The number of hydrogen-bond donors (Lipinski definition) is 1. The van der Waals surface area contributed by atoms with Crippen molar-refractivity contribution in [3.05, 3.63) is 29.8 Å². The van der Waals surface area contributed by atoms with Gasteiger partial charge in [0.15, 0.2) is 0 Å². The summed E-state index contributed by atoms with van der Waals surface area (Å²) >= 11 is 0. The fourth-order valence-corrected chi connectivity index (χ4v) is 2.06. The molecule has 0 heterocycles. The van der Waals surface area contributed by atoms with Crippen molar-refractivity contribution < 1.29 is 4.74 Å². The maximum Gasteiger partial charge on any atom is 0.119 e.